The summed E-state index contributed by atoms with van der Waals surface area (Å²) in [6.45, 7) is 6.61. The molecule has 2 aromatic carbocycles. The van der Waals surface area contributed by atoms with Crippen LogP contribution in [0.15, 0.2) is 48.5 Å². The maximum atomic E-state index is 2.27. The first-order valence-corrected chi connectivity index (χ1v) is 6.49. The monoisotopic (exact) mass is 239 g/mol. The minimum absolute atomic E-state index is 0.536. The molecule has 0 spiro atoms. The molecule has 2 rings (SSSR count). The van der Waals surface area contributed by atoms with Gasteiger partial charge in [0, 0.05) is 18.4 Å². The Morgan fingerprint density at radius 2 is 1.67 bits per heavy atom. The average molecular weight is 239 g/mol. The van der Waals surface area contributed by atoms with Crippen molar-refractivity contribution in [3.63, 3.8) is 0 Å². The lowest BCUT2D eigenvalue weighted by Gasteiger charge is -2.24. The van der Waals surface area contributed by atoms with Gasteiger partial charge in [0.25, 0.3) is 0 Å². The Labute approximate surface area is 110 Å². The minimum atomic E-state index is 0.536. The molecule has 1 nitrogen and oxygen atoms in total. The SMILES string of the molecule is Cc1cccc(N(C)c2ccccc2C(C)C)c1. The van der Waals surface area contributed by atoms with Crippen LogP contribution in [0.2, 0.25) is 0 Å². The number of para-hydroxylation sites is 1. The van der Waals surface area contributed by atoms with Gasteiger partial charge in [0.2, 0.25) is 0 Å². The van der Waals surface area contributed by atoms with Crippen LogP contribution < -0.4 is 4.90 Å². The number of benzene rings is 2. The normalized spacial score (nSPS) is 10.7. The van der Waals surface area contributed by atoms with Crippen LogP contribution in [0.25, 0.3) is 0 Å². The highest BCUT2D eigenvalue weighted by Crippen LogP contribution is 2.31. The lowest BCUT2D eigenvalue weighted by atomic mass is 10.0. The van der Waals surface area contributed by atoms with E-state index in [-0.39, 0.29) is 0 Å². The van der Waals surface area contributed by atoms with E-state index in [1.807, 2.05) is 0 Å². The molecule has 18 heavy (non-hydrogen) atoms. The van der Waals surface area contributed by atoms with E-state index in [0.29, 0.717) is 5.92 Å². The molecule has 0 heterocycles. The smallest absolute Gasteiger partial charge is 0.0443 e. The summed E-state index contributed by atoms with van der Waals surface area (Å²) >= 11 is 0. The van der Waals surface area contributed by atoms with Crippen LogP contribution in [0, 0.1) is 6.92 Å². The molecule has 0 amide bonds. The van der Waals surface area contributed by atoms with Crippen molar-refractivity contribution in [1.82, 2.24) is 0 Å². The van der Waals surface area contributed by atoms with Crippen molar-refractivity contribution in [2.24, 2.45) is 0 Å². The van der Waals surface area contributed by atoms with E-state index >= 15 is 0 Å². The number of anilines is 2. The number of hydrogen-bond donors (Lipinski definition) is 0. The zero-order chi connectivity index (χ0) is 13.1. The highest BCUT2D eigenvalue weighted by Gasteiger charge is 2.11. The third-order valence-corrected chi connectivity index (χ3v) is 3.31. The van der Waals surface area contributed by atoms with E-state index in [1.165, 1.54) is 22.5 Å². The Morgan fingerprint density at radius 1 is 0.944 bits per heavy atom. The largest absolute Gasteiger partial charge is 0.344 e. The van der Waals surface area contributed by atoms with Gasteiger partial charge in [0.1, 0.15) is 0 Å². The molecule has 0 fully saturated rings. The highest BCUT2D eigenvalue weighted by molar-refractivity contribution is 5.66. The molecule has 0 aliphatic heterocycles. The number of nitrogens with zero attached hydrogens (tertiary/aromatic N) is 1. The minimum Gasteiger partial charge on any atom is -0.344 e. The summed E-state index contributed by atoms with van der Waals surface area (Å²) in [5.74, 6) is 0.536. The van der Waals surface area contributed by atoms with E-state index in [2.05, 4.69) is 81.2 Å². The van der Waals surface area contributed by atoms with Gasteiger partial charge < -0.3 is 4.90 Å². The molecule has 0 aliphatic rings. The topological polar surface area (TPSA) is 3.24 Å². The molecule has 0 N–H and O–H groups in total. The van der Waals surface area contributed by atoms with Gasteiger partial charge in [-0.25, -0.2) is 0 Å². The van der Waals surface area contributed by atoms with Crippen LogP contribution in [0.1, 0.15) is 30.9 Å². The molecule has 0 saturated heterocycles. The van der Waals surface area contributed by atoms with Crippen LogP contribution >= 0.6 is 0 Å². The fourth-order valence-corrected chi connectivity index (χ4v) is 2.26. The summed E-state index contributed by atoms with van der Waals surface area (Å²) < 4.78 is 0. The van der Waals surface area contributed by atoms with Gasteiger partial charge in [0.05, 0.1) is 0 Å². The summed E-state index contributed by atoms with van der Waals surface area (Å²) in [4.78, 5) is 2.27. The van der Waals surface area contributed by atoms with Gasteiger partial charge in [0.15, 0.2) is 0 Å². The maximum absolute atomic E-state index is 2.27. The van der Waals surface area contributed by atoms with Crippen molar-refractivity contribution in [2.45, 2.75) is 26.7 Å². The molecule has 0 atom stereocenters. The predicted octanol–water partition coefficient (Wildman–Crippen LogP) is 4.89. The van der Waals surface area contributed by atoms with Crippen LogP contribution in [-0.2, 0) is 0 Å². The van der Waals surface area contributed by atoms with Crippen molar-refractivity contribution in [3.05, 3.63) is 59.7 Å². The van der Waals surface area contributed by atoms with Crippen LogP contribution in [0.5, 0.6) is 0 Å². The third-order valence-electron chi connectivity index (χ3n) is 3.31. The molecule has 0 bridgehead atoms. The average Bonchev–Trinajstić information content (AvgIpc) is 2.38. The van der Waals surface area contributed by atoms with E-state index < -0.39 is 0 Å². The molecule has 2 aromatic rings. The van der Waals surface area contributed by atoms with E-state index in [4.69, 9.17) is 0 Å². The maximum Gasteiger partial charge on any atom is 0.0443 e. The summed E-state index contributed by atoms with van der Waals surface area (Å²) in [5, 5.41) is 0. The predicted molar refractivity (Wildman–Crippen MR) is 79.8 cm³/mol. The summed E-state index contributed by atoms with van der Waals surface area (Å²) in [6.07, 6.45) is 0. The first kappa shape index (κ1) is 12.7. The van der Waals surface area contributed by atoms with Crippen LogP contribution in [-0.4, -0.2) is 7.05 Å². The van der Waals surface area contributed by atoms with E-state index in [0.717, 1.165) is 0 Å². The first-order valence-electron chi connectivity index (χ1n) is 6.49. The van der Waals surface area contributed by atoms with Crippen LogP contribution in [0.3, 0.4) is 0 Å². The number of hydrogen-bond acceptors (Lipinski definition) is 1. The molecule has 0 saturated carbocycles. The van der Waals surface area contributed by atoms with E-state index in [1.54, 1.807) is 0 Å². The summed E-state index contributed by atoms with van der Waals surface area (Å²) in [7, 11) is 2.13. The number of rotatable bonds is 3. The van der Waals surface area contributed by atoms with Gasteiger partial charge >= 0.3 is 0 Å². The molecule has 0 aliphatic carbocycles. The lowest BCUT2D eigenvalue weighted by Crippen LogP contribution is -2.12. The van der Waals surface area contributed by atoms with Crippen molar-refractivity contribution >= 4 is 11.4 Å². The standard InChI is InChI=1S/C17H21N/c1-13(2)16-10-5-6-11-17(16)18(4)15-9-7-8-14(3)12-15/h5-13H,1-4H3. The second-order valence-corrected chi connectivity index (χ2v) is 5.11. The lowest BCUT2D eigenvalue weighted by molar-refractivity contribution is 0.862. The third kappa shape index (κ3) is 2.56. The van der Waals surface area contributed by atoms with Gasteiger partial charge in [-0.1, -0.05) is 44.2 Å². The second-order valence-electron chi connectivity index (χ2n) is 5.11. The zero-order valence-corrected chi connectivity index (χ0v) is 11.6. The number of aryl methyl sites for hydroxylation is 1. The van der Waals surface area contributed by atoms with Crippen molar-refractivity contribution < 1.29 is 0 Å². The quantitative estimate of drug-likeness (QED) is 0.737. The highest BCUT2D eigenvalue weighted by atomic mass is 15.1. The van der Waals surface area contributed by atoms with Crippen molar-refractivity contribution in [3.8, 4) is 0 Å². The Balaban J connectivity index is 2.43. The Bertz CT molecular complexity index is 529. The van der Waals surface area contributed by atoms with Gasteiger partial charge in [-0.2, -0.15) is 0 Å². The summed E-state index contributed by atoms with van der Waals surface area (Å²) in [6, 6.07) is 17.2. The van der Waals surface area contributed by atoms with Gasteiger partial charge in [-0.05, 0) is 42.2 Å². The Morgan fingerprint density at radius 3 is 2.33 bits per heavy atom. The first-order chi connectivity index (χ1) is 8.59. The fourth-order valence-electron chi connectivity index (χ4n) is 2.26. The molecular weight excluding hydrogens is 218 g/mol. The zero-order valence-electron chi connectivity index (χ0n) is 11.6. The molecule has 0 aromatic heterocycles. The second kappa shape index (κ2) is 5.26. The van der Waals surface area contributed by atoms with Crippen molar-refractivity contribution in [1.29, 1.82) is 0 Å². The van der Waals surface area contributed by atoms with Gasteiger partial charge in [-0.15, -0.1) is 0 Å². The summed E-state index contributed by atoms with van der Waals surface area (Å²) in [5.41, 5.74) is 5.21. The fraction of sp³-hybridized carbons (Fsp3) is 0.294. The van der Waals surface area contributed by atoms with Crippen molar-refractivity contribution in [2.75, 3.05) is 11.9 Å². The Hall–Kier alpha value is -1.76. The molecular formula is C17H21N. The van der Waals surface area contributed by atoms with E-state index in [9.17, 15) is 0 Å². The molecule has 0 radical (unpaired) electrons. The molecule has 1 heteroatoms. The van der Waals surface area contributed by atoms with Gasteiger partial charge in [-0.3, -0.25) is 0 Å². The molecule has 94 valence electrons. The Kier molecular flexibility index (Phi) is 3.71. The molecule has 0 unspecified atom stereocenters. The van der Waals surface area contributed by atoms with Crippen LogP contribution in [0.4, 0.5) is 11.4 Å².